The maximum atomic E-state index is 12.8. The van der Waals surface area contributed by atoms with Gasteiger partial charge in [-0.15, -0.1) is 0 Å². The summed E-state index contributed by atoms with van der Waals surface area (Å²) in [6, 6.07) is 8.46. The van der Waals surface area contributed by atoms with Crippen molar-refractivity contribution in [3.05, 3.63) is 52.7 Å². The van der Waals surface area contributed by atoms with E-state index in [0.717, 1.165) is 62.3 Å². The van der Waals surface area contributed by atoms with Crippen molar-refractivity contribution in [2.75, 3.05) is 19.7 Å². The molecular weight excluding hydrogens is 404 g/mol. The van der Waals surface area contributed by atoms with Gasteiger partial charge in [-0.3, -0.25) is 9.69 Å². The summed E-state index contributed by atoms with van der Waals surface area (Å²) in [6.45, 7) is 9.67. The number of nitrogens with zero attached hydrogens (tertiary/aromatic N) is 3. The fraction of sp³-hybridized carbons (Fsp3) is 0.520. The molecule has 0 spiro atoms. The van der Waals surface area contributed by atoms with Crippen molar-refractivity contribution in [2.45, 2.75) is 65.1 Å². The standard InChI is InChI=1S/C25H34N4O3/c1-4-20(5-2)32-22-8-7-18(15-23(22)31-6-3)16-28-12-9-19(10-13-28)29-14-11-21-24(25(29)30)27-17-26-21/h7-8,11,14-15,17,19-20H,4-6,9-10,12-13,16H2,1-3H3,(H,26,27). The number of ether oxygens (including phenoxy) is 2. The Labute approximate surface area is 189 Å². The number of nitrogens with one attached hydrogen (secondary N) is 1. The molecule has 1 aliphatic rings. The monoisotopic (exact) mass is 438 g/mol. The molecule has 32 heavy (non-hydrogen) atoms. The van der Waals surface area contributed by atoms with Crippen LogP contribution in [0.1, 0.15) is 58.1 Å². The Kier molecular flexibility index (Phi) is 7.15. The number of imidazole rings is 1. The SMILES string of the molecule is CCOc1cc(CN2CCC(n3ccc4[nH]cnc4c3=O)CC2)ccc1OC(CC)CC. The Morgan fingerprint density at radius 1 is 1.12 bits per heavy atom. The highest BCUT2D eigenvalue weighted by atomic mass is 16.5. The fourth-order valence-electron chi connectivity index (χ4n) is 4.50. The maximum Gasteiger partial charge on any atom is 0.278 e. The van der Waals surface area contributed by atoms with Gasteiger partial charge in [-0.1, -0.05) is 19.9 Å². The van der Waals surface area contributed by atoms with Crippen LogP contribution in [0.15, 0.2) is 41.6 Å². The lowest BCUT2D eigenvalue weighted by molar-refractivity contribution is 0.175. The lowest BCUT2D eigenvalue weighted by atomic mass is 10.0. The summed E-state index contributed by atoms with van der Waals surface area (Å²) in [5.41, 5.74) is 2.54. The predicted molar refractivity (Wildman–Crippen MR) is 127 cm³/mol. The highest BCUT2D eigenvalue weighted by Gasteiger charge is 2.22. The molecule has 1 saturated heterocycles. The number of hydrogen-bond donors (Lipinski definition) is 1. The highest BCUT2D eigenvalue weighted by molar-refractivity contribution is 5.72. The van der Waals surface area contributed by atoms with Crippen LogP contribution in [0.3, 0.4) is 0 Å². The van der Waals surface area contributed by atoms with Crippen molar-refractivity contribution < 1.29 is 9.47 Å². The number of piperidine rings is 1. The van der Waals surface area contributed by atoms with Crippen LogP contribution in [0.25, 0.3) is 11.0 Å². The van der Waals surface area contributed by atoms with Gasteiger partial charge < -0.3 is 19.0 Å². The van der Waals surface area contributed by atoms with Crippen molar-refractivity contribution >= 4 is 11.0 Å². The summed E-state index contributed by atoms with van der Waals surface area (Å²) in [6.07, 6.45) is 7.55. The van der Waals surface area contributed by atoms with Crippen LogP contribution < -0.4 is 15.0 Å². The Bertz CT molecular complexity index is 1080. The molecule has 0 aliphatic carbocycles. The van der Waals surface area contributed by atoms with Crippen molar-refractivity contribution in [3.63, 3.8) is 0 Å². The summed E-state index contributed by atoms with van der Waals surface area (Å²) >= 11 is 0. The van der Waals surface area contributed by atoms with Gasteiger partial charge in [0.1, 0.15) is 0 Å². The van der Waals surface area contributed by atoms with Gasteiger partial charge in [0.25, 0.3) is 5.56 Å². The second-order valence-electron chi connectivity index (χ2n) is 8.47. The van der Waals surface area contributed by atoms with Crippen LogP contribution in [-0.4, -0.2) is 45.2 Å². The molecule has 1 aromatic carbocycles. The Morgan fingerprint density at radius 2 is 1.91 bits per heavy atom. The summed E-state index contributed by atoms with van der Waals surface area (Å²) in [5, 5.41) is 0. The Hall–Kier alpha value is -2.80. The van der Waals surface area contributed by atoms with Gasteiger partial charge in [0.2, 0.25) is 0 Å². The van der Waals surface area contributed by atoms with E-state index in [9.17, 15) is 4.79 Å². The summed E-state index contributed by atoms with van der Waals surface area (Å²) < 4.78 is 13.9. The Morgan fingerprint density at radius 3 is 2.62 bits per heavy atom. The first-order chi connectivity index (χ1) is 15.6. The van der Waals surface area contributed by atoms with Gasteiger partial charge in [-0.05, 0) is 56.4 Å². The smallest absolute Gasteiger partial charge is 0.278 e. The molecular formula is C25H34N4O3. The molecule has 3 aromatic rings. The second kappa shape index (κ2) is 10.2. The molecule has 1 aliphatic heterocycles. The first-order valence-corrected chi connectivity index (χ1v) is 11.8. The van der Waals surface area contributed by atoms with Crippen LogP contribution in [0.5, 0.6) is 11.5 Å². The minimum atomic E-state index is -0.00314. The van der Waals surface area contributed by atoms with E-state index in [1.54, 1.807) is 6.33 Å². The maximum absolute atomic E-state index is 12.8. The number of H-pyrrole nitrogens is 1. The molecule has 7 nitrogen and oxygen atoms in total. The van der Waals surface area contributed by atoms with Crippen LogP contribution in [0, 0.1) is 0 Å². The van der Waals surface area contributed by atoms with Crippen LogP contribution in [0.4, 0.5) is 0 Å². The molecule has 0 amide bonds. The lowest BCUT2D eigenvalue weighted by Gasteiger charge is -2.33. The van der Waals surface area contributed by atoms with E-state index in [1.807, 2.05) is 29.8 Å². The first-order valence-electron chi connectivity index (χ1n) is 11.8. The summed E-state index contributed by atoms with van der Waals surface area (Å²) in [4.78, 5) is 22.4. The van der Waals surface area contributed by atoms with Crippen molar-refractivity contribution in [2.24, 2.45) is 0 Å². The van der Waals surface area contributed by atoms with E-state index in [1.165, 1.54) is 5.56 Å². The molecule has 0 atom stereocenters. The van der Waals surface area contributed by atoms with Crippen LogP contribution in [0.2, 0.25) is 0 Å². The third-order valence-corrected chi connectivity index (χ3v) is 6.38. The highest BCUT2D eigenvalue weighted by Crippen LogP contribution is 2.31. The minimum absolute atomic E-state index is 0.00314. The molecule has 1 fully saturated rings. The number of likely N-dealkylation sites (tertiary alicyclic amines) is 1. The number of benzene rings is 1. The zero-order chi connectivity index (χ0) is 22.5. The van der Waals surface area contributed by atoms with Crippen molar-refractivity contribution in [1.29, 1.82) is 0 Å². The number of aromatic amines is 1. The molecule has 0 unspecified atom stereocenters. The number of hydrogen-bond acceptors (Lipinski definition) is 5. The number of rotatable bonds is 9. The van der Waals surface area contributed by atoms with E-state index in [0.29, 0.717) is 12.1 Å². The fourth-order valence-corrected chi connectivity index (χ4v) is 4.50. The molecule has 2 aromatic heterocycles. The van der Waals surface area contributed by atoms with E-state index in [2.05, 4.69) is 40.8 Å². The number of fused-ring (bicyclic) bond motifs is 1. The van der Waals surface area contributed by atoms with E-state index < -0.39 is 0 Å². The number of pyridine rings is 1. The van der Waals surface area contributed by atoms with E-state index in [4.69, 9.17) is 9.47 Å². The third kappa shape index (κ3) is 4.83. The quantitative estimate of drug-likeness (QED) is 0.531. The number of aromatic nitrogens is 3. The lowest BCUT2D eigenvalue weighted by Crippen LogP contribution is -2.37. The van der Waals surface area contributed by atoms with Crippen molar-refractivity contribution in [1.82, 2.24) is 19.4 Å². The van der Waals surface area contributed by atoms with E-state index >= 15 is 0 Å². The zero-order valence-electron chi connectivity index (χ0n) is 19.3. The Balaban J connectivity index is 1.40. The minimum Gasteiger partial charge on any atom is -0.490 e. The molecule has 172 valence electrons. The molecule has 1 N–H and O–H groups in total. The average molecular weight is 439 g/mol. The third-order valence-electron chi connectivity index (χ3n) is 6.38. The van der Waals surface area contributed by atoms with Gasteiger partial charge in [-0.2, -0.15) is 0 Å². The van der Waals surface area contributed by atoms with Gasteiger partial charge >= 0.3 is 0 Å². The normalized spacial score (nSPS) is 15.5. The van der Waals surface area contributed by atoms with Crippen LogP contribution in [-0.2, 0) is 6.54 Å². The molecule has 4 rings (SSSR count). The van der Waals surface area contributed by atoms with Crippen LogP contribution >= 0.6 is 0 Å². The van der Waals surface area contributed by atoms with Crippen molar-refractivity contribution in [3.8, 4) is 11.5 Å². The second-order valence-corrected chi connectivity index (χ2v) is 8.47. The molecule has 3 heterocycles. The topological polar surface area (TPSA) is 72.4 Å². The molecule has 0 radical (unpaired) electrons. The average Bonchev–Trinajstić information content (AvgIpc) is 3.30. The largest absolute Gasteiger partial charge is 0.490 e. The molecule has 0 saturated carbocycles. The molecule has 7 heteroatoms. The van der Waals surface area contributed by atoms with Gasteiger partial charge in [0.05, 0.1) is 24.6 Å². The van der Waals surface area contributed by atoms with Gasteiger partial charge in [0.15, 0.2) is 17.0 Å². The van der Waals surface area contributed by atoms with Gasteiger partial charge in [0, 0.05) is 31.9 Å². The zero-order valence-corrected chi connectivity index (χ0v) is 19.3. The van der Waals surface area contributed by atoms with E-state index in [-0.39, 0.29) is 17.7 Å². The summed E-state index contributed by atoms with van der Waals surface area (Å²) in [5.74, 6) is 1.65. The van der Waals surface area contributed by atoms with Gasteiger partial charge in [-0.25, -0.2) is 4.98 Å². The summed E-state index contributed by atoms with van der Waals surface area (Å²) in [7, 11) is 0. The first kappa shape index (κ1) is 22.4. The predicted octanol–water partition coefficient (Wildman–Crippen LogP) is 4.53. The molecule has 0 bridgehead atoms.